The highest BCUT2D eigenvalue weighted by Crippen LogP contribution is 2.37. The first-order valence-corrected chi connectivity index (χ1v) is 12.9. The number of H-pyrrole nitrogens is 1. The van der Waals surface area contributed by atoms with Gasteiger partial charge >= 0.3 is 0 Å². The number of halogens is 1. The van der Waals surface area contributed by atoms with Crippen LogP contribution in [0.15, 0.2) is 44.5 Å². The first-order valence-electron chi connectivity index (χ1n) is 12.5. The molecule has 2 aliphatic rings. The van der Waals surface area contributed by atoms with Gasteiger partial charge in [0.15, 0.2) is 5.82 Å². The fourth-order valence-electron chi connectivity index (χ4n) is 5.23. The number of nitrogens with one attached hydrogen (secondary N) is 3. The van der Waals surface area contributed by atoms with Crippen molar-refractivity contribution in [2.45, 2.75) is 85.5 Å². The molecule has 1 amide bonds. The van der Waals surface area contributed by atoms with Crippen molar-refractivity contribution in [3.05, 3.63) is 67.4 Å². The maximum Gasteiger partial charge on any atom is 0.260 e. The summed E-state index contributed by atoms with van der Waals surface area (Å²) in [4.78, 5) is 33.7. The molecule has 0 unspecified atom stereocenters. The van der Waals surface area contributed by atoms with Crippen LogP contribution in [-0.2, 0) is 11.3 Å². The third-order valence-corrected chi connectivity index (χ3v) is 6.74. The molecule has 0 fully saturated rings. The molecule has 196 valence electrons. The molecular formula is C28H35ClN6O2. The molecule has 4 rings (SSSR count). The predicted molar refractivity (Wildman–Crippen MR) is 148 cm³/mol. The van der Waals surface area contributed by atoms with Gasteiger partial charge in [0.1, 0.15) is 5.03 Å². The van der Waals surface area contributed by atoms with E-state index in [0.29, 0.717) is 29.1 Å². The number of hydrogen-bond acceptors (Lipinski definition) is 5. The Hall–Kier alpha value is -3.19. The molecule has 2 aromatic heterocycles. The molecule has 2 aromatic rings. The smallest absolute Gasteiger partial charge is 0.260 e. The Balaban J connectivity index is 1.80. The van der Waals surface area contributed by atoms with Gasteiger partial charge in [-0.25, -0.2) is 9.67 Å². The normalized spacial score (nSPS) is 18.3. The van der Waals surface area contributed by atoms with Gasteiger partial charge in [0.25, 0.3) is 11.5 Å². The molecule has 9 heteroatoms. The lowest BCUT2D eigenvalue weighted by atomic mass is 9.82. The van der Waals surface area contributed by atoms with Crippen molar-refractivity contribution < 1.29 is 4.79 Å². The van der Waals surface area contributed by atoms with E-state index in [9.17, 15) is 9.59 Å². The van der Waals surface area contributed by atoms with E-state index in [1.807, 2.05) is 33.8 Å². The second-order valence-corrected chi connectivity index (χ2v) is 11.8. The van der Waals surface area contributed by atoms with E-state index in [1.165, 1.54) is 0 Å². The molecule has 0 spiro atoms. The molecule has 0 bridgehead atoms. The zero-order valence-corrected chi connectivity index (χ0v) is 23.5. The number of aryl methyl sites for hydroxylation is 2. The van der Waals surface area contributed by atoms with Crippen LogP contribution in [0, 0.1) is 13.8 Å². The average Bonchev–Trinajstić information content (AvgIpc) is 3.09. The van der Waals surface area contributed by atoms with E-state index in [4.69, 9.17) is 16.6 Å². The third kappa shape index (κ3) is 5.57. The Bertz CT molecular complexity index is 1460. The van der Waals surface area contributed by atoms with Gasteiger partial charge in [0.05, 0.1) is 23.0 Å². The minimum absolute atomic E-state index is 0.0126. The zero-order valence-electron chi connectivity index (χ0n) is 22.8. The topological polar surface area (TPSA) is 104 Å². The monoisotopic (exact) mass is 522 g/mol. The molecule has 37 heavy (non-hydrogen) atoms. The highest BCUT2D eigenvalue weighted by molar-refractivity contribution is 6.47. The summed E-state index contributed by atoms with van der Waals surface area (Å²) < 4.78 is 1.78. The van der Waals surface area contributed by atoms with E-state index >= 15 is 0 Å². The predicted octanol–water partition coefficient (Wildman–Crippen LogP) is 4.75. The summed E-state index contributed by atoms with van der Waals surface area (Å²) in [5, 5.41) is 11.3. The largest absolute Gasteiger partial charge is 0.347 e. The van der Waals surface area contributed by atoms with Crippen molar-refractivity contribution in [3.63, 3.8) is 0 Å². The van der Waals surface area contributed by atoms with Crippen molar-refractivity contribution in [2.24, 2.45) is 4.99 Å². The van der Waals surface area contributed by atoms with Crippen molar-refractivity contribution in [3.8, 4) is 0 Å². The van der Waals surface area contributed by atoms with Crippen LogP contribution in [0.2, 0.25) is 0 Å². The van der Waals surface area contributed by atoms with Gasteiger partial charge in [-0.05, 0) is 79.0 Å². The summed E-state index contributed by atoms with van der Waals surface area (Å²) in [7, 11) is 0. The number of aliphatic imine (C=N–C) groups is 1. The lowest BCUT2D eigenvalue weighted by molar-refractivity contribution is -0.115. The lowest BCUT2D eigenvalue weighted by Gasteiger charge is -2.41. The van der Waals surface area contributed by atoms with Gasteiger partial charge in [-0.1, -0.05) is 23.4 Å². The maximum absolute atomic E-state index is 13.5. The number of aromatic amines is 1. The molecule has 0 saturated carbocycles. The summed E-state index contributed by atoms with van der Waals surface area (Å²) in [5.41, 5.74) is 6.89. The molecule has 8 nitrogen and oxygen atoms in total. The van der Waals surface area contributed by atoms with Crippen LogP contribution in [0.25, 0.3) is 5.57 Å². The van der Waals surface area contributed by atoms with Gasteiger partial charge in [-0.15, -0.1) is 0 Å². The second-order valence-electron chi connectivity index (χ2n) is 11.4. The van der Waals surface area contributed by atoms with E-state index in [1.54, 1.807) is 10.9 Å². The van der Waals surface area contributed by atoms with E-state index < -0.39 is 5.91 Å². The number of aromatic nitrogens is 3. The minimum atomic E-state index is -0.404. The summed E-state index contributed by atoms with van der Waals surface area (Å²) >= 11 is 6.84. The summed E-state index contributed by atoms with van der Waals surface area (Å²) in [6.45, 7) is 16.3. The molecule has 0 aromatic carbocycles. The zero-order chi connectivity index (χ0) is 27.3. The molecule has 0 saturated heterocycles. The number of hydrogen-bond donors (Lipinski definition) is 3. The number of rotatable bonds is 5. The molecule has 0 aliphatic carbocycles. The van der Waals surface area contributed by atoms with Crippen LogP contribution in [0.4, 0.5) is 5.82 Å². The van der Waals surface area contributed by atoms with Crippen molar-refractivity contribution in [1.29, 1.82) is 0 Å². The van der Waals surface area contributed by atoms with Crippen LogP contribution in [-0.4, -0.2) is 37.5 Å². The van der Waals surface area contributed by atoms with Gasteiger partial charge in [-0.3, -0.25) is 9.59 Å². The average molecular weight is 523 g/mol. The number of carbonyl (C=O) groups is 1. The van der Waals surface area contributed by atoms with Gasteiger partial charge in [0.2, 0.25) is 0 Å². The molecule has 0 radical (unpaired) electrons. The Kier molecular flexibility index (Phi) is 6.97. The molecule has 0 atom stereocenters. The number of fused-ring (bicyclic) bond motifs is 1. The van der Waals surface area contributed by atoms with E-state index in [-0.39, 0.29) is 39.8 Å². The minimum Gasteiger partial charge on any atom is -0.347 e. The van der Waals surface area contributed by atoms with Crippen LogP contribution < -0.4 is 16.2 Å². The van der Waals surface area contributed by atoms with Crippen molar-refractivity contribution in [2.75, 3.05) is 0 Å². The highest BCUT2D eigenvalue weighted by Gasteiger charge is 2.35. The highest BCUT2D eigenvalue weighted by atomic mass is 35.5. The van der Waals surface area contributed by atoms with Crippen LogP contribution >= 0.6 is 11.6 Å². The van der Waals surface area contributed by atoms with Gasteiger partial charge in [-0.2, -0.15) is 5.10 Å². The first-order chi connectivity index (χ1) is 17.2. The van der Waals surface area contributed by atoms with Crippen LogP contribution in [0.5, 0.6) is 0 Å². The van der Waals surface area contributed by atoms with Crippen molar-refractivity contribution >= 4 is 34.6 Å². The fourth-order valence-corrected chi connectivity index (χ4v) is 5.49. The Morgan fingerprint density at radius 3 is 2.59 bits per heavy atom. The summed E-state index contributed by atoms with van der Waals surface area (Å²) in [6.07, 6.45) is 4.46. The molecule has 3 N–H and O–H groups in total. The molecule has 2 aliphatic heterocycles. The SMILES string of the molecule is Cc1cc(C)c(CNC(=O)C2=C=C(Cl)C(C3=CC(C)(C)NC(C)(C)C3)=Nc3c2cnn3C(C)C)c(=O)[nH]1. The van der Waals surface area contributed by atoms with E-state index in [2.05, 4.69) is 60.2 Å². The Morgan fingerprint density at radius 2 is 1.97 bits per heavy atom. The Labute approximate surface area is 222 Å². The maximum atomic E-state index is 13.5. The standard InChI is InChI=1S/C28H35ClN6O2/c1-15(2)35-24-21(14-31-35)19(25(36)30-13-20-16(3)9-17(4)32-26(20)37)10-22(29)23(33-24)18-11-27(5,6)34-28(7,8)12-18/h9,11,14-15,34H,12-13H2,1-8H3,(H,30,36)(H,32,37). The summed E-state index contributed by atoms with van der Waals surface area (Å²) in [5.74, 6) is 0.149. The third-order valence-electron chi connectivity index (χ3n) is 6.47. The van der Waals surface area contributed by atoms with Gasteiger partial charge in [0, 0.05) is 34.9 Å². The second kappa shape index (κ2) is 9.60. The molecular weight excluding hydrogens is 488 g/mol. The fraction of sp³-hybridized carbons (Fsp3) is 0.464. The molecule has 4 heterocycles. The van der Waals surface area contributed by atoms with Crippen LogP contribution in [0.1, 0.15) is 76.4 Å². The Morgan fingerprint density at radius 1 is 1.27 bits per heavy atom. The van der Waals surface area contributed by atoms with Crippen molar-refractivity contribution in [1.82, 2.24) is 25.4 Å². The number of nitrogens with zero attached hydrogens (tertiary/aromatic N) is 3. The van der Waals surface area contributed by atoms with Crippen LogP contribution in [0.3, 0.4) is 0 Å². The number of amides is 1. The van der Waals surface area contributed by atoms with Gasteiger partial charge < -0.3 is 15.6 Å². The quantitative estimate of drug-likeness (QED) is 0.493. The number of carbonyl (C=O) groups excluding carboxylic acids is 1. The first kappa shape index (κ1) is 26.9. The van der Waals surface area contributed by atoms with E-state index in [0.717, 1.165) is 16.8 Å². The summed E-state index contributed by atoms with van der Waals surface area (Å²) in [6, 6.07) is 1.89. The number of pyridine rings is 1. The lowest BCUT2D eigenvalue weighted by Crippen LogP contribution is -2.54.